The van der Waals surface area contributed by atoms with Crippen LogP contribution in [0.2, 0.25) is 0 Å². The van der Waals surface area contributed by atoms with Crippen molar-refractivity contribution in [1.82, 2.24) is 0 Å². The number of rotatable bonds is 0. The van der Waals surface area contributed by atoms with Gasteiger partial charge >= 0.3 is 0 Å². The van der Waals surface area contributed by atoms with Crippen LogP contribution in [-0.2, 0) is 4.79 Å². The molecule has 1 aliphatic heterocycles. The van der Waals surface area contributed by atoms with Gasteiger partial charge in [0.25, 0.3) is 0 Å². The summed E-state index contributed by atoms with van der Waals surface area (Å²) in [5.74, 6) is -0.897. The van der Waals surface area contributed by atoms with E-state index in [9.17, 15) is 14.0 Å². The van der Waals surface area contributed by atoms with Gasteiger partial charge in [-0.15, -0.1) is 0 Å². The van der Waals surface area contributed by atoms with Crippen molar-refractivity contribution in [3.05, 3.63) is 29.6 Å². The zero-order valence-corrected chi connectivity index (χ0v) is 7.25. The van der Waals surface area contributed by atoms with E-state index in [1.807, 2.05) is 0 Å². The van der Waals surface area contributed by atoms with Crippen LogP contribution < -0.4 is 4.74 Å². The Morgan fingerprint density at radius 3 is 2.86 bits per heavy atom. The highest BCUT2D eigenvalue weighted by molar-refractivity contribution is 6.10. The van der Waals surface area contributed by atoms with Crippen LogP contribution in [0.5, 0.6) is 5.75 Å². The Morgan fingerprint density at radius 1 is 1.29 bits per heavy atom. The van der Waals surface area contributed by atoms with E-state index in [1.54, 1.807) is 0 Å². The molecule has 0 aromatic heterocycles. The minimum atomic E-state index is -0.505. The fourth-order valence-electron chi connectivity index (χ4n) is 1.33. The number of hydrogen-bond acceptors (Lipinski definition) is 3. The second-order valence-corrected chi connectivity index (χ2v) is 3.07. The summed E-state index contributed by atoms with van der Waals surface area (Å²) in [6.07, 6.45) is -0.212. The van der Waals surface area contributed by atoms with Crippen molar-refractivity contribution in [2.75, 3.05) is 6.61 Å². The summed E-state index contributed by atoms with van der Waals surface area (Å²) >= 11 is 0. The number of benzene rings is 1. The third kappa shape index (κ3) is 1.51. The second kappa shape index (κ2) is 3.21. The van der Waals surface area contributed by atoms with Gasteiger partial charge in [0.2, 0.25) is 0 Å². The molecule has 0 aliphatic carbocycles. The number of fused-ring (bicyclic) bond motifs is 1. The lowest BCUT2D eigenvalue weighted by Crippen LogP contribution is -2.10. The molecule has 1 aromatic rings. The molecule has 1 aromatic carbocycles. The van der Waals surface area contributed by atoms with Crippen LogP contribution in [0.15, 0.2) is 18.2 Å². The average molecular weight is 194 g/mol. The maximum absolute atomic E-state index is 12.8. The first kappa shape index (κ1) is 8.87. The van der Waals surface area contributed by atoms with Gasteiger partial charge in [-0.1, -0.05) is 0 Å². The molecule has 0 saturated carbocycles. The van der Waals surface area contributed by atoms with Gasteiger partial charge in [0.1, 0.15) is 18.2 Å². The zero-order valence-electron chi connectivity index (χ0n) is 7.25. The van der Waals surface area contributed by atoms with E-state index in [0.717, 1.165) is 6.07 Å². The molecule has 14 heavy (non-hydrogen) atoms. The van der Waals surface area contributed by atoms with E-state index >= 15 is 0 Å². The molecule has 1 heterocycles. The third-order valence-electron chi connectivity index (χ3n) is 1.99. The molecule has 3 nitrogen and oxygen atoms in total. The average Bonchev–Trinajstić information content (AvgIpc) is 2.27. The van der Waals surface area contributed by atoms with E-state index in [1.165, 1.54) is 12.1 Å². The number of hydrogen-bond donors (Lipinski definition) is 0. The summed E-state index contributed by atoms with van der Waals surface area (Å²) in [5.41, 5.74) is 0.149. The third-order valence-corrected chi connectivity index (χ3v) is 1.99. The van der Waals surface area contributed by atoms with E-state index in [0.29, 0.717) is 0 Å². The lowest BCUT2D eigenvalue weighted by Gasteiger charge is -2.03. The van der Waals surface area contributed by atoms with E-state index in [-0.39, 0.29) is 35.9 Å². The SMILES string of the molecule is O=C1COc2ccc(F)cc2C(=O)C1. The van der Waals surface area contributed by atoms with Gasteiger partial charge in [-0.25, -0.2) is 4.39 Å². The maximum atomic E-state index is 12.8. The molecular formula is C10H7FO3. The summed E-state index contributed by atoms with van der Waals surface area (Å²) in [4.78, 5) is 22.4. The molecule has 0 amide bonds. The number of carbonyl (C=O) groups excluding carboxylic acids is 2. The molecule has 0 atom stereocenters. The van der Waals surface area contributed by atoms with E-state index < -0.39 is 5.82 Å². The van der Waals surface area contributed by atoms with Crippen molar-refractivity contribution >= 4 is 11.6 Å². The van der Waals surface area contributed by atoms with Crippen LogP contribution >= 0.6 is 0 Å². The number of Topliss-reactive ketones (excluding diaryl/α,β-unsaturated/α-hetero) is 2. The Hall–Kier alpha value is -1.71. The van der Waals surface area contributed by atoms with Gasteiger partial charge in [0.05, 0.1) is 12.0 Å². The Morgan fingerprint density at radius 2 is 2.07 bits per heavy atom. The first-order chi connectivity index (χ1) is 6.66. The smallest absolute Gasteiger partial charge is 0.177 e. The predicted octanol–water partition coefficient (Wildman–Crippen LogP) is 1.36. The van der Waals surface area contributed by atoms with Gasteiger partial charge in [-0.3, -0.25) is 9.59 Å². The summed E-state index contributed by atoms with van der Waals surface area (Å²) in [6, 6.07) is 3.65. The Labute approximate surface area is 79.5 Å². The Bertz CT molecular complexity index is 412. The van der Waals surface area contributed by atoms with E-state index in [4.69, 9.17) is 4.74 Å². The topological polar surface area (TPSA) is 43.4 Å². The minimum Gasteiger partial charge on any atom is -0.485 e. The number of halogens is 1. The van der Waals surface area contributed by atoms with Crippen molar-refractivity contribution in [3.63, 3.8) is 0 Å². The van der Waals surface area contributed by atoms with Gasteiger partial charge in [0, 0.05) is 0 Å². The molecular weight excluding hydrogens is 187 g/mol. The number of ketones is 2. The molecule has 1 aliphatic rings. The monoisotopic (exact) mass is 194 g/mol. The van der Waals surface area contributed by atoms with Crippen molar-refractivity contribution in [2.24, 2.45) is 0 Å². The molecule has 0 N–H and O–H groups in total. The Balaban J connectivity index is 2.49. The normalized spacial score (nSPS) is 15.8. The first-order valence-electron chi connectivity index (χ1n) is 4.14. The lowest BCUT2D eigenvalue weighted by atomic mass is 10.1. The second-order valence-electron chi connectivity index (χ2n) is 3.07. The highest BCUT2D eigenvalue weighted by Gasteiger charge is 2.21. The van der Waals surface area contributed by atoms with Crippen LogP contribution in [-0.4, -0.2) is 18.2 Å². The first-order valence-corrected chi connectivity index (χ1v) is 4.14. The summed E-state index contributed by atoms with van der Waals surface area (Å²) in [7, 11) is 0. The zero-order chi connectivity index (χ0) is 10.1. The molecule has 4 heteroatoms. The van der Waals surface area contributed by atoms with E-state index in [2.05, 4.69) is 0 Å². The summed E-state index contributed by atoms with van der Waals surface area (Å²) in [5, 5.41) is 0. The number of ether oxygens (including phenoxy) is 1. The van der Waals surface area contributed by atoms with Crippen molar-refractivity contribution in [3.8, 4) is 5.75 Å². The highest BCUT2D eigenvalue weighted by atomic mass is 19.1. The van der Waals surface area contributed by atoms with Crippen molar-refractivity contribution in [1.29, 1.82) is 0 Å². The lowest BCUT2D eigenvalue weighted by molar-refractivity contribution is -0.119. The molecule has 0 unspecified atom stereocenters. The molecule has 0 radical (unpaired) electrons. The Kier molecular flexibility index (Phi) is 2.04. The van der Waals surface area contributed by atoms with Crippen LogP contribution in [0.1, 0.15) is 16.8 Å². The molecule has 72 valence electrons. The molecule has 0 spiro atoms. The van der Waals surface area contributed by atoms with Crippen LogP contribution in [0.4, 0.5) is 4.39 Å². The fourth-order valence-corrected chi connectivity index (χ4v) is 1.33. The van der Waals surface area contributed by atoms with Gasteiger partial charge in [-0.05, 0) is 18.2 Å². The summed E-state index contributed by atoms with van der Waals surface area (Å²) < 4.78 is 17.9. The van der Waals surface area contributed by atoms with Crippen LogP contribution in [0.25, 0.3) is 0 Å². The van der Waals surface area contributed by atoms with Gasteiger partial charge in [0.15, 0.2) is 11.6 Å². The molecule has 0 saturated heterocycles. The molecule has 2 rings (SSSR count). The van der Waals surface area contributed by atoms with Gasteiger partial charge in [-0.2, -0.15) is 0 Å². The highest BCUT2D eigenvalue weighted by Crippen LogP contribution is 2.23. The largest absolute Gasteiger partial charge is 0.485 e. The minimum absolute atomic E-state index is 0.121. The molecule has 0 fully saturated rings. The quantitative estimate of drug-likeness (QED) is 0.585. The predicted molar refractivity (Wildman–Crippen MR) is 45.8 cm³/mol. The fraction of sp³-hybridized carbons (Fsp3) is 0.200. The van der Waals surface area contributed by atoms with Crippen molar-refractivity contribution < 1.29 is 18.7 Å². The molecule has 0 bridgehead atoms. The van der Waals surface area contributed by atoms with Crippen LogP contribution in [0.3, 0.4) is 0 Å². The number of carbonyl (C=O) groups is 2. The van der Waals surface area contributed by atoms with Gasteiger partial charge < -0.3 is 4.74 Å². The summed E-state index contributed by atoms with van der Waals surface area (Å²) in [6.45, 7) is -0.121. The van der Waals surface area contributed by atoms with Crippen LogP contribution in [0, 0.1) is 5.82 Å². The maximum Gasteiger partial charge on any atom is 0.177 e. The van der Waals surface area contributed by atoms with Crippen molar-refractivity contribution in [2.45, 2.75) is 6.42 Å². The standard InChI is InChI=1S/C10H7FO3/c11-6-1-2-10-8(3-6)9(13)4-7(12)5-14-10/h1-3H,4-5H2.